The molecule has 2 aliphatic rings. The van der Waals surface area contributed by atoms with Crippen LogP contribution in [0.15, 0.2) is 18.2 Å². The number of aliphatic hydroxyl groups excluding tert-OH is 2. The predicted molar refractivity (Wildman–Crippen MR) is 140 cm³/mol. The van der Waals surface area contributed by atoms with E-state index in [2.05, 4.69) is 13.0 Å². The lowest BCUT2D eigenvalue weighted by Crippen LogP contribution is -2.28. The van der Waals surface area contributed by atoms with Crippen LogP contribution in [0.4, 0.5) is 0 Å². The largest absolute Gasteiger partial charge is 0.482 e. The van der Waals surface area contributed by atoms with Crippen molar-refractivity contribution < 1.29 is 43.9 Å². The minimum atomic E-state index is -1.03. The lowest BCUT2D eigenvalue weighted by molar-refractivity contribution is -0.148. The number of ether oxygens (including phenoxy) is 4. The van der Waals surface area contributed by atoms with Gasteiger partial charge in [0.25, 0.3) is 0 Å². The molecule has 0 amide bonds. The van der Waals surface area contributed by atoms with Crippen LogP contribution in [-0.2, 0) is 36.6 Å². The number of carbonyl (C=O) groups excluding carboxylic acids is 1. The molecule has 0 spiro atoms. The second-order valence-corrected chi connectivity index (χ2v) is 10.5. The zero-order valence-corrected chi connectivity index (χ0v) is 22.5. The summed E-state index contributed by atoms with van der Waals surface area (Å²) in [6, 6.07) is 5.93. The quantitative estimate of drug-likeness (QED) is 0.191. The van der Waals surface area contributed by atoms with Crippen LogP contribution in [0.3, 0.4) is 0 Å². The molecule has 2 aliphatic carbocycles. The van der Waals surface area contributed by atoms with E-state index in [9.17, 15) is 19.8 Å². The Balaban J connectivity index is 1.42. The highest BCUT2D eigenvalue weighted by atomic mass is 16.6. The van der Waals surface area contributed by atoms with Gasteiger partial charge in [0.1, 0.15) is 19.0 Å². The van der Waals surface area contributed by atoms with E-state index in [-0.39, 0.29) is 57.8 Å². The van der Waals surface area contributed by atoms with Crippen molar-refractivity contribution in [3.8, 4) is 5.75 Å². The Morgan fingerprint density at radius 1 is 1.03 bits per heavy atom. The molecule has 0 aliphatic heterocycles. The summed E-state index contributed by atoms with van der Waals surface area (Å²) in [5.41, 5.74) is 2.32. The molecule has 3 rings (SSSR count). The van der Waals surface area contributed by atoms with Crippen LogP contribution < -0.4 is 4.74 Å². The van der Waals surface area contributed by atoms with Gasteiger partial charge in [0.2, 0.25) is 0 Å². The summed E-state index contributed by atoms with van der Waals surface area (Å²) < 4.78 is 21.1. The molecule has 0 radical (unpaired) electrons. The van der Waals surface area contributed by atoms with E-state index in [1.54, 1.807) is 0 Å². The molecule has 38 heavy (non-hydrogen) atoms. The summed E-state index contributed by atoms with van der Waals surface area (Å²) in [5, 5.41) is 29.7. The van der Waals surface area contributed by atoms with Gasteiger partial charge in [0.15, 0.2) is 6.61 Å². The molecule has 1 fully saturated rings. The van der Waals surface area contributed by atoms with E-state index in [1.807, 2.05) is 12.1 Å². The standard InChI is InChI=1S/C29H44O9/c1-2-3-4-7-22(30)9-10-23-24-15-20-6-5-8-27(25(20)16-21(24)17-26(23)31)38-19-29(34)37-14-13-35-11-12-36-18-28(32)33/h5-6,8,21-24,26,30-31H,2-4,7,9-19H2,1H3,(H,32,33)/t21-,22-,23+,24-,26+/m0/s1. The van der Waals surface area contributed by atoms with E-state index in [4.69, 9.17) is 24.1 Å². The average molecular weight is 537 g/mol. The van der Waals surface area contributed by atoms with Crippen LogP contribution in [0.2, 0.25) is 0 Å². The summed E-state index contributed by atoms with van der Waals surface area (Å²) >= 11 is 0. The molecule has 1 aromatic rings. The van der Waals surface area contributed by atoms with E-state index < -0.39 is 11.9 Å². The molecule has 1 saturated carbocycles. The highest BCUT2D eigenvalue weighted by Gasteiger charge is 2.44. The van der Waals surface area contributed by atoms with Crippen molar-refractivity contribution in [2.24, 2.45) is 17.8 Å². The average Bonchev–Trinajstić information content (AvgIpc) is 3.20. The number of esters is 1. The van der Waals surface area contributed by atoms with Gasteiger partial charge in [-0.15, -0.1) is 0 Å². The first-order valence-electron chi connectivity index (χ1n) is 14.0. The molecule has 0 bridgehead atoms. The Hall–Kier alpha value is -2.20. The number of aliphatic hydroxyl groups is 2. The van der Waals surface area contributed by atoms with Gasteiger partial charge >= 0.3 is 11.9 Å². The third-order valence-corrected chi connectivity index (χ3v) is 7.75. The van der Waals surface area contributed by atoms with Crippen LogP contribution in [0.5, 0.6) is 5.75 Å². The number of carboxylic acids is 1. The topological polar surface area (TPSA) is 132 Å². The van der Waals surface area contributed by atoms with Crippen molar-refractivity contribution in [1.29, 1.82) is 0 Å². The maximum Gasteiger partial charge on any atom is 0.344 e. The van der Waals surface area contributed by atoms with Crippen LogP contribution >= 0.6 is 0 Å². The van der Waals surface area contributed by atoms with Gasteiger partial charge in [-0.05, 0) is 73.5 Å². The summed E-state index contributed by atoms with van der Waals surface area (Å²) in [6.45, 7) is 2.22. The third kappa shape index (κ3) is 9.52. The smallest absolute Gasteiger partial charge is 0.344 e. The Bertz CT molecular complexity index is 874. The van der Waals surface area contributed by atoms with Crippen LogP contribution in [-0.4, -0.2) is 79.1 Å². The zero-order chi connectivity index (χ0) is 27.3. The molecule has 0 heterocycles. The first-order chi connectivity index (χ1) is 18.4. The lowest BCUT2D eigenvalue weighted by Gasteiger charge is -2.32. The maximum atomic E-state index is 12.1. The van der Waals surface area contributed by atoms with Crippen molar-refractivity contribution in [2.75, 3.05) is 39.6 Å². The van der Waals surface area contributed by atoms with E-state index in [0.29, 0.717) is 17.6 Å². The fourth-order valence-electron chi connectivity index (χ4n) is 5.87. The van der Waals surface area contributed by atoms with Gasteiger partial charge in [-0.3, -0.25) is 0 Å². The summed E-state index contributed by atoms with van der Waals surface area (Å²) in [4.78, 5) is 22.5. The SMILES string of the molecule is CCCCC[C@H](O)CC[C@@H]1[C@H]2Cc3cccc(OCC(=O)OCCOCCOCC(=O)O)c3C[C@H]2C[C@H]1O. The molecule has 0 aromatic heterocycles. The summed E-state index contributed by atoms with van der Waals surface area (Å²) in [6.07, 6.45) is 7.62. The molecular formula is C29H44O9. The van der Waals surface area contributed by atoms with Crippen LogP contribution in [0.1, 0.15) is 63.0 Å². The molecule has 1 aromatic carbocycles. The Labute approximate surface area is 225 Å². The number of carbonyl (C=O) groups is 2. The summed E-state index contributed by atoms with van der Waals surface area (Å²) in [5.74, 6) is 0.139. The lowest BCUT2D eigenvalue weighted by atomic mass is 9.73. The monoisotopic (exact) mass is 536 g/mol. The van der Waals surface area contributed by atoms with Crippen molar-refractivity contribution in [3.05, 3.63) is 29.3 Å². The number of rotatable bonds is 18. The van der Waals surface area contributed by atoms with Gasteiger partial charge in [-0.2, -0.15) is 0 Å². The first-order valence-corrected chi connectivity index (χ1v) is 14.0. The van der Waals surface area contributed by atoms with Gasteiger partial charge in [0, 0.05) is 0 Å². The van der Waals surface area contributed by atoms with Gasteiger partial charge < -0.3 is 34.3 Å². The Kier molecular flexibility index (Phi) is 12.8. The molecule has 9 heteroatoms. The molecule has 3 N–H and O–H groups in total. The zero-order valence-electron chi connectivity index (χ0n) is 22.5. The molecule has 214 valence electrons. The fraction of sp³-hybridized carbons (Fsp3) is 0.724. The highest BCUT2D eigenvalue weighted by molar-refractivity contribution is 5.71. The van der Waals surface area contributed by atoms with Crippen molar-refractivity contribution in [1.82, 2.24) is 0 Å². The fourth-order valence-corrected chi connectivity index (χ4v) is 5.87. The second-order valence-electron chi connectivity index (χ2n) is 10.5. The Morgan fingerprint density at radius 3 is 2.61 bits per heavy atom. The van der Waals surface area contributed by atoms with Crippen molar-refractivity contribution in [2.45, 2.75) is 76.9 Å². The minimum Gasteiger partial charge on any atom is -0.482 e. The number of fused-ring (bicyclic) bond motifs is 2. The molecule has 9 nitrogen and oxygen atoms in total. The highest BCUT2D eigenvalue weighted by Crippen LogP contribution is 2.48. The van der Waals surface area contributed by atoms with Crippen molar-refractivity contribution >= 4 is 11.9 Å². The summed E-state index contributed by atoms with van der Waals surface area (Å²) in [7, 11) is 0. The van der Waals surface area contributed by atoms with E-state index >= 15 is 0 Å². The third-order valence-electron chi connectivity index (χ3n) is 7.75. The molecule has 0 saturated heterocycles. The normalized spacial score (nSPS) is 22.9. The molecule has 5 atom stereocenters. The minimum absolute atomic E-state index is 0.0738. The molecule has 0 unspecified atom stereocenters. The number of hydrogen-bond acceptors (Lipinski definition) is 8. The number of benzene rings is 1. The maximum absolute atomic E-state index is 12.1. The predicted octanol–water partition coefficient (Wildman–Crippen LogP) is 3.16. The van der Waals surface area contributed by atoms with Crippen molar-refractivity contribution in [3.63, 3.8) is 0 Å². The van der Waals surface area contributed by atoms with Crippen LogP contribution in [0, 0.1) is 17.8 Å². The first kappa shape index (κ1) is 30.3. The van der Waals surface area contributed by atoms with Gasteiger partial charge in [0.05, 0.1) is 32.0 Å². The number of hydrogen-bond donors (Lipinski definition) is 3. The van der Waals surface area contributed by atoms with Crippen LogP contribution in [0.25, 0.3) is 0 Å². The van der Waals surface area contributed by atoms with Gasteiger partial charge in [-0.1, -0.05) is 38.3 Å². The Morgan fingerprint density at radius 2 is 1.82 bits per heavy atom. The van der Waals surface area contributed by atoms with E-state index in [0.717, 1.165) is 63.4 Å². The van der Waals surface area contributed by atoms with Gasteiger partial charge in [-0.25, -0.2) is 9.59 Å². The number of unbranched alkanes of at least 4 members (excludes halogenated alkanes) is 2. The second kappa shape index (κ2) is 16.0. The number of carboxylic acid groups (broad SMARTS) is 1. The van der Waals surface area contributed by atoms with E-state index in [1.165, 1.54) is 5.56 Å². The number of aliphatic carboxylic acids is 1. The molecular weight excluding hydrogens is 492 g/mol.